The highest BCUT2D eigenvalue weighted by molar-refractivity contribution is 5.93. The maximum atomic E-state index is 4.75. The van der Waals surface area contributed by atoms with E-state index in [1.54, 1.807) is 0 Å². The van der Waals surface area contributed by atoms with Crippen molar-refractivity contribution in [3.63, 3.8) is 0 Å². The number of hydrogen-bond acceptors (Lipinski definition) is 2. The minimum absolute atomic E-state index is 0.738. The number of anilines is 1. The van der Waals surface area contributed by atoms with Crippen LogP contribution >= 0.6 is 0 Å². The van der Waals surface area contributed by atoms with Crippen LogP contribution in [-0.2, 0) is 0 Å². The van der Waals surface area contributed by atoms with Gasteiger partial charge in [-0.3, -0.25) is 0 Å². The standard InChI is InChI=1S/C18H16N2/c1-2-12-19-18-13-17(14-8-4-3-5-9-14)20-16-11-7-6-10-15(16)18/h2-11,13H,1,12H2,(H,19,20). The molecule has 0 aliphatic carbocycles. The quantitative estimate of drug-likeness (QED) is 0.699. The number of hydrogen-bond donors (Lipinski definition) is 1. The average Bonchev–Trinajstić information content (AvgIpc) is 2.53. The zero-order valence-electron chi connectivity index (χ0n) is 11.2. The Morgan fingerprint density at radius 3 is 2.55 bits per heavy atom. The minimum Gasteiger partial charge on any atom is -0.381 e. The molecule has 0 aliphatic heterocycles. The van der Waals surface area contributed by atoms with Gasteiger partial charge in [0.05, 0.1) is 11.2 Å². The molecule has 98 valence electrons. The van der Waals surface area contributed by atoms with E-state index in [2.05, 4.69) is 36.2 Å². The molecule has 1 N–H and O–H groups in total. The summed E-state index contributed by atoms with van der Waals surface area (Å²) in [4.78, 5) is 4.75. The van der Waals surface area contributed by atoms with Crippen molar-refractivity contribution in [3.8, 4) is 11.3 Å². The molecule has 2 heteroatoms. The van der Waals surface area contributed by atoms with Gasteiger partial charge >= 0.3 is 0 Å². The first-order chi connectivity index (χ1) is 9.88. The second-order valence-electron chi connectivity index (χ2n) is 4.61. The van der Waals surface area contributed by atoms with E-state index < -0.39 is 0 Å². The Morgan fingerprint density at radius 1 is 1.00 bits per heavy atom. The van der Waals surface area contributed by atoms with Crippen molar-refractivity contribution in [3.05, 3.63) is 73.3 Å². The van der Waals surface area contributed by atoms with E-state index in [1.807, 2.05) is 42.5 Å². The smallest absolute Gasteiger partial charge is 0.0730 e. The largest absolute Gasteiger partial charge is 0.381 e. The zero-order chi connectivity index (χ0) is 13.8. The van der Waals surface area contributed by atoms with Gasteiger partial charge in [-0.15, -0.1) is 6.58 Å². The van der Waals surface area contributed by atoms with Gasteiger partial charge in [-0.05, 0) is 12.1 Å². The van der Waals surface area contributed by atoms with Gasteiger partial charge in [0, 0.05) is 23.2 Å². The first-order valence-corrected chi connectivity index (χ1v) is 6.68. The summed E-state index contributed by atoms with van der Waals surface area (Å²) in [5.74, 6) is 0. The third-order valence-electron chi connectivity index (χ3n) is 3.22. The lowest BCUT2D eigenvalue weighted by Gasteiger charge is -2.11. The molecule has 0 radical (unpaired) electrons. The molecule has 1 heterocycles. The van der Waals surface area contributed by atoms with E-state index in [1.165, 1.54) is 0 Å². The summed E-state index contributed by atoms with van der Waals surface area (Å²) in [6, 6.07) is 20.5. The fourth-order valence-electron chi connectivity index (χ4n) is 2.26. The molecular weight excluding hydrogens is 244 g/mol. The fraction of sp³-hybridized carbons (Fsp3) is 0.0556. The fourth-order valence-corrected chi connectivity index (χ4v) is 2.26. The van der Waals surface area contributed by atoms with Crippen molar-refractivity contribution in [2.24, 2.45) is 0 Å². The second-order valence-corrected chi connectivity index (χ2v) is 4.61. The number of rotatable bonds is 4. The van der Waals surface area contributed by atoms with Gasteiger partial charge in [-0.25, -0.2) is 4.98 Å². The molecular formula is C18H16N2. The number of nitrogens with zero attached hydrogens (tertiary/aromatic N) is 1. The molecule has 2 aromatic carbocycles. The highest BCUT2D eigenvalue weighted by Gasteiger charge is 2.06. The molecule has 0 saturated heterocycles. The maximum Gasteiger partial charge on any atom is 0.0730 e. The van der Waals surface area contributed by atoms with Crippen molar-refractivity contribution in [1.82, 2.24) is 4.98 Å². The number of aromatic nitrogens is 1. The lowest BCUT2D eigenvalue weighted by atomic mass is 10.1. The maximum absolute atomic E-state index is 4.75. The normalized spacial score (nSPS) is 10.4. The molecule has 0 atom stereocenters. The van der Waals surface area contributed by atoms with Crippen LogP contribution in [0.4, 0.5) is 5.69 Å². The van der Waals surface area contributed by atoms with Gasteiger partial charge < -0.3 is 5.32 Å². The van der Waals surface area contributed by atoms with Crippen molar-refractivity contribution in [1.29, 1.82) is 0 Å². The molecule has 0 spiro atoms. The highest BCUT2D eigenvalue weighted by Crippen LogP contribution is 2.27. The zero-order valence-corrected chi connectivity index (χ0v) is 11.2. The van der Waals surface area contributed by atoms with Crippen molar-refractivity contribution in [2.45, 2.75) is 0 Å². The van der Waals surface area contributed by atoms with Crippen LogP contribution in [0.1, 0.15) is 0 Å². The van der Waals surface area contributed by atoms with Crippen molar-refractivity contribution < 1.29 is 0 Å². The summed E-state index contributed by atoms with van der Waals surface area (Å²) in [5.41, 5.74) is 4.20. The third kappa shape index (κ3) is 2.41. The molecule has 0 amide bonds. The molecule has 1 aromatic heterocycles. The van der Waals surface area contributed by atoms with Crippen LogP contribution in [0, 0.1) is 0 Å². The van der Waals surface area contributed by atoms with E-state index in [4.69, 9.17) is 4.98 Å². The Labute approximate surface area is 118 Å². The van der Waals surface area contributed by atoms with Gasteiger partial charge in [0.1, 0.15) is 0 Å². The van der Waals surface area contributed by atoms with E-state index in [-0.39, 0.29) is 0 Å². The van der Waals surface area contributed by atoms with E-state index >= 15 is 0 Å². The number of pyridine rings is 1. The Morgan fingerprint density at radius 2 is 1.75 bits per heavy atom. The Hall–Kier alpha value is -2.61. The van der Waals surface area contributed by atoms with Gasteiger partial charge in [0.15, 0.2) is 0 Å². The van der Waals surface area contributed by atoms with E-state index in [0.29, 0.717) is 0 Å². The summed E-state index contributed by atoms with van der Waals surface area (Å²) in [6.45, 7) is 4.50. The molecule has 0 bridgehead atoms. The van der Waals surface area contributed by atoms with Crippen LogP contribution in [0.25, 0.3) is 22.2 Å². The summed E-state index contributed by atoms with van der Waals surface area (Å²) in [7, 11) is 0. The van der Waals surface area contributed by atoms with Crippen LogP contribution in [0.2, 0.25) is 0 Å². The lowest BCUT2D eigenvalue weighted by Crippen LogP contribution is -2.00. The number of fused-ring (bicyclic) bond motifs is 1. The lowest BCUT2D eigenvalue weighted by molar-refractivity contribution is 1.33. The minimum atomic E-state index is 0.738. The topological polar surface area (TPSA) is 24.9 Å². The van der Waals surface area contributed by atoms with Gasteiger partial charge in [-0.2, -0.15) is 0 Å². The predicted octanol–water partition coefficient (Wildman–Crippen LogP) is 4.50. The Balaban J connectivity index is 2.17. The molecule has 0 fully saturated rings. The molecule has 3 aromatic rings. The average molecular weight is 260 g/mol. The molecule has 3 rings (SSSR count). The summed E-state index contributed by atoms with van der Waals surface area (Å²) in [6.07, 6.45) is 1.86. The number of para-hydroxylation sites is 1. The predicted molar refractivity (Wildman–Crippen MR) is 85.9 cm³/mol. The van der Waals surface area contributed by atoms with Crippen LogP contribution in [0.15, 0.2) is 73.3 Å². The second kappa shape index (κ2) is 5.57. The van der Waals surface area contributed by atoms with Crippen molar-refractivity contribution in [2.75, 3.05) is 11.9 Å². The van der Waals surface area contributed by atoms with Crippen LogP contribution < -0.4 is 5.32 Å². The SMILES string of the molecule is C=CCNc1cc(-c2ccccc2)nc2ccccc12. The third-order valence-corrected chi connectivity index (χ3v) is 3.22. The first-order valence-electron chi connectivity index (χ1n) is 6.68. The van der Waals surface area contributed by atoms with Gasteiger partial charge in [0.25, 0.3) is 0 Å². The van der Waals surface area contributed by atoms with E-state index in [0.717, 1.165) is 34.4 Å². The summed E-state index contributed by atoms with van der Waals surface area (Å²) in [5, 5.41) is 4.52. The molecule has 0 unspecified atom stereocenters. The Bertz CT molecular complexity index is 733. The highest BCUT2D eigenvalue weighted by atomic mass is 14.9. The number of nitrogens with one attached hydrogen (secondary N) is 1. The Kier molecular flexibility index (Phi) is 3.46. The summed E-state index contributed by atoms with van der Waals surface area (Å²) < 4.78 is 0. The molecule has 0 aliphatic rings. The van der Waals surface area contributed by atoms with Gasteiger partial charge in [0.2, 0.25) is 0 Å². The molecule has 20 heavy (non-hydrogen) atoms. The van der Waals surface area contributed by atoms with Gasteiger partial charge in [-0.1, -0.05) is 54.6 Å². The van der Waals surface area contributed by atoms with E-state index in [9.17, 15) is 0 Å². The molecule has 0 saturated carbocycles. The number of benzene rings is 2. The summed E-state index contributed by atoms with van der Waals surface area (Å²) >= 11 is 0. The van der Waals surface area contributed by atoms with Crippen LogP contribution in [0.5, 0.6) is 0 Å². The monoisotopic (exact) mass is 260 g/mol. The first kappa shape index (κ1) is 12.4. The van der Waals surface area contributed by atoms with Crippen LogP contribution in [-0.4, -0.2) is 11.5 Å². The molecule has 2 nitrogen and oxygen atoms in total. The van der Waals surface area contributed by atoms with Crippen LogP contribution in [0.3, 0.4) is 0 Å². The van der Waals surface area contributed by atoms with Crippen molar-refractivity contribution >= 4 is 16.6 Å².